The molecule has 0 radical (unpaired) electrons. The number of amides is 1. The highest BCUT2D eigenvalue weighted by atomic mass is 16.2. The van der Waals surface area contributed by atoms with Gasteiger partial charge in [0.15, 0.2) is 0 Å². The third-order valence-electron chi connectivity index (χ3n) is 4.78. The summed E-state index contributed by atoms with van der Waals surface area (Å²) in [6.07, 6.45) is 3.46. The number of likely N-dealkylation sites (tertiary alicyclic amines) is 1. The highest BCUT2D eigenvalue weighted by molar-refractivity contribution is 5.88. The summed E-state index contributed by atoms with van der Waals surface area (Å²) < 4.78 is 0. The van der Waals surface area contributed by atoms with Crippen molar-refractivity contribution in [3.8, 4) is 0 Å². The third kappa shape index (κ3) is 2.54. The van der Waals surface area contributed by atoms with E-state index in [-0.39, 0.29) is 5.92 Å². The molecule has 1 N–H and O–H groups in total. The molecule has 3 nitrogen and oxygen atoms in total. The van der Waals surface area contributed by atoms with Gasteiger partial charge in [-0.05, 0) is 36.3 Å². The molecule has 0 saturated carbocycles. The van der Waals surface area contributed by atoms with Crippen molar-refractivity contribution in [3.63, 3.8) is 0 Å². The molecule has 2 aliphatic rings. The number of hydrogen-bond acceptors (Lipinski definition) is 2. The lowest BCUT2D eigenvalue weighted by Crippen LogP contribution is -2.36. The molecule has 0 bridgehead atoms. The Morgan fingerprint density at radius 2 is 2.05 bits per heavy atom. The number of nitrogens with one attached hydrogen (secondary N) is 1. The van der Waals surface area contributed by atoms with Crippen LogP contribution in [0, 0.1) is 5.41 Å². The zero-order chi connectivity index (χ0) is 14.2. The Balaban J connectivity index is 1.74. The van der Waals surface area contributed by atoms with Gasteiger partial charge >= 0.3 is 0 Å². The van der Waals surface area contributed by atoms with Crippen molar-refractivity contribution in [1.29, 1.82) is 0 Å². The molecule has 2 aliphatic heterocycles. The predicted octanol–water partition coefficient (Wildman–Crippen LogP) is 3.23. The van der Waals surface area contributed by atoms with Gasteiger partial charge in [-0.15, -0.1) is 0 Å². The molecule has 1 aromatic rings. The molecule has 1 amide bonds. The van der Waals surface area contributed by atoms with Crippen molar-refractivity contribution in [1.82, 2.24) is 4.90 Å². The lowest BCUT2D eigenvalue weighted by Gasteiger charge is -2.25. The Bertz CT molecular complexity index is 509. The molecule has 1 fully saturated rings. The molecule has 1 atom stereocenters. The number of benzene rings is 1. The highest BCUT2D eigenvalue weighted by Crippen LogP contribution is 2.34. The van der Waals surface area contributed by atoms with Crippen LogP contribution in [0.3, 0.4) is 0 Å². The van der Waals surface area contributed by atoms with Crippen LogP contribution in [0.25, 0.3) is 0 Å². The molecule has 1 saturated heterocycles. The van der Waals surface area contributed by atoms with Crippen LogP contribution in [0.4, 0.5) is 5.69 Å². The molecule has 1 aromatic carbocycles. The Morgan fingerprint density at radius 3 is 2.90 bits per heavy atom. The molecule has 3 rings (SSSR count). The summed E-state index contributed by atoms with van der Waals surface area (Å²) in [5.41, 5.74) is 2.67. The van der Waals surface area contributed by atoms with Crippen LogP contribution < -0.4 is 5.32 Å². The number of nitrogens with zero attached hydrogens (tertiary/aromatic N) is 1. The summed E-state index contributed by atoms with van der Waals surface area (Å²) >= 11 is 0. The Morgan fingerprint density at radius 1 is 1.25 bits per heavy atom. The number of hydrogen-bond donors (Lipinski definition) is 1. The van der Waals surface area contributed by atoms with Crippen LogP contribution in [0.1, 0.15) is 44.6 Å². The molecule has 20 heavy (non-hydrogen) atoms. The van der Waals surface area contributed by atoms with Crippen molar-refractivity contribution >= 4 is 11.6 Å². The molecular formula is C17H24N2O. The maximum atomic E-state index is 12.8. The second-order valence-electron chi connectivity index (χ2n) is 6.86. The zero-order valence-electron chi connectivity index (χ0n) is 12.5. The summed E-state index contributed by atoms with van der Waals surface area (Å²) in [6.45, 7) is 7.20. The molecule has 108 valence electrons. The molecule has 0 spiro atoms. The minimum absolute atomic E-state index is 0.00686. The summed E-state index contributed by atoms with van der Waals surface area (Å²) in [5.74, 6) is 0.313. The van der Waals surface area contributed by atoms with E-state index in [1.807, 2.05) is 12.1 Å². The van der Waals surface area contributed by atoms with Gasteiger partial charge < -0.3 is 10.2 Å². The lowest BCUT2D eigenvalue weighted by molar-refractivity contribution is -0.132. The standard InChI is InChI=1S/C17H24N2O/c1-17(2)8-5-10-19(11-9-17)16(20)14-12-18-15-7-4-3-6-13(14)15/h3-4,6-7,14,18H,5,8-12H2,1-2H3. The van der Waals surface area contributed by atoms with Crippen molar-refractivity contribution in [2.45, 2.75) is 39.0 Å². The summed E-state index contributed by atoms with van der Waals surface area (Å²) in [4.78, 5) is 14.9. The first-order chi connectivity index (χ1) is 9.57. The van der Waals surface area contributed by atoms with Crippen LogP contribution in [0.2, 0.25) is 0 Å². The van der Waals surface area contributed by atoms with Crippen molar-refractivity contribution in [2.75, 3.05) is 25.0 Å². The van der Waals surface area contributed by atoms with Gasteiger partial charge in [0.05, 0.1) is 5.92 Å². The van der Waals surface area contributed by atoms with E-state index in [1.54, 1.807) is 0 Å². The zero-order valence-corrected chi connectivity index (χ0v) is 12.5. The van der Waals surface area contributed by atoms with E-state index in [1.165, 1.54) is 12.0 Å². The number of anilines is 1. The normalized spacial score (nSPS) is 24.7. The fourth-order valence-corrected chi connectivity index (χ4v) is 3.37. The van der Waals surface area contributed by atoms with Crippen LogP contribution >= 0.6 is 0 Å². The Kier molecular flexibility index (Phi) is 3.45. The maximum absolute atomic E-state index is 12.8. The summed E-state index contributed by atoms with van der Waals surface area (Å²) in [7, 11) is 0. The van der Waals surface area contributed by atoms with Crippen LogP contribution in [-0.4, -0.2) is 30.4 Å². The number of carbonyl (C=O) groups excluding carboxylic acids is 1. The quantitative estimate of drug-likeness (QED) is 0.851. The molecule has 0 aromatic heterocycles. The molecule has 3 heteroatoms. The molecule has 2 heterocycles. The lowest BCUT2D eigenvalue weighted by atomic mass is 9.85. The molecular weight excluding hydrogens is 248 g/mol. The highest BCUT2D eigenvalue weighted by Gasteiger charge is 2.33. The number of carbonyl (C=O) groups is 1. The maximum Gasteiger partial charge on any atom is 0.231 e. The van der Waals surface area contributed by atoms with Gasteiger partial charge in [-0.3, -0.25) is 4.79 Å². The van der Waals surface area contributed by atoms with Crippen LogP contribution in [0.5, 0.6) is 0 Å². The van der Waals surface area contributed by atoms with Gasteiger partial charge in [0, 0.05) is 25.3 Å². The minimum atomic E-state index is 0.00686. The Labute approximate surface area is 121 Å². The topological polar surface area (TPSA) is 32.3 Å². The van der Waals surface area contributed by atoms with Gasteiger partial charge in [-0.2, -0.15) is 0 Å². The first kappa shape index (κ1) is 13.5. The average Bonchev–Trinajstić information content (AvgIpc) is 2.77. The van der Waals surface area contributed by atoms with E-state index in [0.717, 1.165) is 38.2 Å². The SMILES string of the molecule is CC1(C)CCCN(C(=O)C2CNc3ccccc32)CC1. The fourth-order valence-electron chi connectivity index (χ4n) is 3.37. The average molecular weight is 272 g/mol. The number of fused-ring (bicyclic) bond motifs is 1. The Hall–Kier alpha value is -1.51. The summed E-state index contributed by atoms with van der Waals surface area (Å²) in [5, 5.41) is 3.35. The summed E-state index contributed by atoms with van der Waals surface area (Å²) in [6, 6.07) is 8.19. The van der Waals surface area contributed by atoms with E-state index < -0.39 is 0 Å². The van der Waals surface area contributed by atoms with E-state index >= 15 is 0 Å². The number of rotatable bonds is 1. The van der Waals surface area contributed by atoms with Crippen molar-refractivity contribution in [3.05, 3.63) is 29.8 Å². The molecule has 1 unspecified atom stereocenters. The van der Waals surface area contributed by atoms with E-state index in [0.29, 0.717) is 11.3 Å². The fraction of sp³-hybridized carbons (Fsp3) is 0.588. The van der Waals surface area contributed by atoms with Crippen LogP contribution in [0.15, 0.2) is 24.3 Å². The third-order valence-corrected chi connectivity index (χ3v) is 4.78. The van der Waals surface area contributed by atoms with Gasteiger partial charge in [-0.1, -0.05) is 32.0 Å². The van der Waals surface area contributed by atoms with Gasteiger partial charge in [0.25, 0.3) is 0 Å². The predicted molar refractivity (Wildman–Crippen MR) is 81.9 cm³/mol. The van der Waals surface area contributed by atoms with Crippen LogP contribution in [-0.2, 0) is 4.79 Å². The largest absolute Gasteiger partial charge is 0.384 e. The van der Waals surface area contributed by atoms with Gasteiger partial charge in [0.2, 0.25) is 5.91 Å². The smallest absolute Gasteiger partial charge is 0.231 e. The van der Waals surface area contributed by atoms with Gasteiger partial charge in [-0.25, -0.2) is 0 Å². The monoisotopic (exact) mass is 272 g/mol. The first-order valence-corrected chi connectivity index (χ1v) is 7.68. The number of para-hydroxylation sites is 1. The van der Waals surface area contributed by atoms with Gasteiger partial charge in [0.1, 0.15) is 0 Å². The van der Waals surface area contributed by atoms with E-state index in [2.05, 4.69) is 36.2 Å². The molecule has 0 aliphatic carbocycles. The van der Waals surface area contributed by atoms with E-state index in [9.17, 15) is 4.79 Å². The first-order valence-electron chi connectivity index (χ1n) is 7.68. The van der Waals surface area contributed by atoms with Crippen molar-refractivity contribution in [2.24, 2.45) is 5.41 Å². The second kappa shape index (κ2) is 5.12. The second-order valence-corrected chi connectivity index (χ2v) is 6.86. The van der Waals surface area contributed by atoms with Crippen molar-refractivity contribution < 1.29 is 4.79 Å². The van der Waals surface area contributed by atoms with E-state index in [4.69, 9.17) is 0 Å². The minimum Gasteiger partial charge on any atom is -0.384 e.